The molecule has 1 saturated heterocycles. The monoisotopic (exact) mass is 292 g/mol. The molecule has 21 heavy (non-hydrogen) atoms. The lowest BCUT2D eigenvalue weighted by molar-refractivity contribution is -0.123. The van der Waals surface area contributed by atoms with Gasteiger partial charge in [-0.2, -0.15) is 0 Å². The fraction of sp³-hybridized carbons (Fsp3) is 0.706. The highest BCUT2D eigenvalue weighted by Crippen LogP contribution is 2.25. The van der Waals surface area contributed by atoms with Crippen LogP contribution in [0.2, 0.25) is 0 Å². The van der Waals surface area contributed by atoms with Crippen LogP contribution in [0.25, 0.3) is 0 Å². The minimum Gasteiger partial charge on any atom is -0.467 e. The largest absolute Gasteiger partial charge is 0.467 e. The molecule has 4 heteroatoms. The van der Waals surface area contributed by atoms with Gasteiger partial charge >= 0.3 is 0 Å². The van der Waals surface area contributed by atoms with Crippen LogP contribution >= 0.6 is 0 Å². The molecule has 2 unspecified atom stereocenters. The number of hydrogen-bond donors (Lipinski definition) is 1. The molecule has 1 amide bonds. The lowest BCUT2D eigenvalue weighted by Crippen LogP contribution is -2.44. The molecule has 0 aromatic carbocycles. The van der Waals surface area contributed by atoms with Crippen molar-refractivity contribution in [3.63, 3.8) is 0 Å². The van der Waals surface area contributed by atoms with Gasteiger partial charge in [-0.3, -0.25) is 9.69 Å². The maximum atomic E-state index is 12.2. The van der Waals surface area contributed by atoms with Crippen LogP contribution < -0.4 is 5.32 Å². The zero-order valence-corrected chi connectivity index (χ0v) is 13.5. The van der Waals surface area contributed by atoms with Crippen molar-refractivity contribution in [3.8, 4) is 0 Å². The first-order valence-corrected chi connectivity index (χ1v) is 8.09. The fourth-order valence-corrected chi connectivity index (χ4v) is 3.12. The molecule has 2 rings (SSSR count). The van der Waals surface area contributed by atoms with Crippen LogP contribution in [0.5, 0.6) is 0 Å². The minimum absolute atomic E-state index is 0.0894. The third-order valence-electron chi connectivity index (χ3n) is 4.49. The Hall–Kier alpha value is -1.29. The summed E-state index contributed by atoms with van der Waals surface area (Å²) in [7, 11) is 0. The molecule has 1 fully saturated rings. The first kappa shape index (κ1) is 16.1. The number of carbonyl (C=O) groups is 1. The third kappa shape index (κ3) is 4.88. The summed E-state index contributed by atoms with van der Waals surface area (Å²) in [6, 6.07) is 4.24. The predicted molar refractivity (Wildman–Crippen MR) is 83.8 cm³/mol. The highest BCUT2D eigenvalue weighted by Gasteiger charge is 2.27. The molecule has 2 atom stereocenters. The van der Waals surface area contributed by atoms with Gasteiger partial charge in [0.05, 0.1) is 19.4 Å². The Morgan fingerprint density at radius 1 is 1.43 bits per heavy atom. The molecule has 0 radical (unpaired) electrons. The van der Waals surface area contributed by atoms with Gasteiger partial charge < -0.3 is 9.73 Å². The molecule has 0 spiro atoms. The summed E-state index contributed by atoms with van der Waals surface area (Å²) in [5, 5.41) is 2.95. The normalized spacial score (nSPS) is 24.0. The summed E-state index contributed by atoms with van der Waals surface area (Å²) in [5.74, 6) is 2.25. The molecular formula is C17H28N2O2. The van der Waals surface area contributed by atoms with Gasteiger partial charge in [-0.15, -0.1) is 0 Å². The number of likely N-dealkylation sites (tertiary alicyclic amines) is 1. The van der Waals surface area contributed by atoms with Crippen LogP contribution in [0.3, 0.4) is 0 Å². The van der Waals surface area contributed by atoms with Gasteiger partial charge in [-0.25, -0.2) is 0 Å². The Labute approximate surface area is 127 Å². The van der Waals surface area contributed by atoms with Crippen LogP contribution in [0.15, 0.2) is 22.8 Å². The topological polar surface area (TPSA) is 45.5 Å². The summed E-state index contributed by atoms with van der Waals surface area (Å²) in [6.45, 7) is 8.83. The van der Waals surface area contributed by atoms with E-state index in [9.17, 15) is 4.79 Å². The van der Waals surface area contributed by atoms with Crippen LogP contribution in [-0.4, -0.2) is 29.9 Å². The Kier molecular flexibility index (Phi) is 5.85. The molecular weight excluding hydrogens is 264 g/mol. The molecule has 118 valence electrons. The number of hydrogen-bond acceptors (Lipinski definition) is 3. The van der Waals surface area contributed by atoms with E-state index >= 15 is 0 Å². The van der Waals surface area contributed by atoms with Gasteiger partial charge in [0.15, 0.2) is 0 Å². The van der Waals surface area contributed by atoms with E-state index in [1.807, 2.05) is 12.1 Å². The van der Waals surface area contributed by atoms with Crippen LogP contribution in [0.1, 0.15) is 45.8 Å². The van der Waals surface area contributed by atoms with Crippen molar-refractivity contribution < 1.29 is 9.21 Å². The summed E-state index contributed by atoms with van der Waals surface area (Å²) in [4.78, 5) is 14.5. The number of rotatable bonds is 5. The zero-order chi connectivity index (χ0) is 15.2. The first-order chi connectivity index (χ1) is 10.1. The quantitative estimate of drug-likeness (QED) is 0.907. The second kappa shape index (κ2) is 7.64. The summed E-state index contributed by atoms with van der Waals surface area (Å²) in [6.07, 6.45) is 5.29. The van der Waals surface area contributed by atoms with Crippen LogP contribution in [0.4, 0.5) is 0 Å². The van der Waals surface area contributed by atoms with Crippen molar-refractivity contribution >= 4 is 5.91 Å². The lowest BCUT2D eigenvalue weighted by atomic mass is 9.95. The Morgan fingerprint density at radius 3 is 2.90 bits per heavy atom. The van der Waals surface area contributed by atoms with Crippen molar-refractivity contribution in [3.05, 3.63) is 24.2 Å². The van der Waals surface area contributed by atoms with E-state index in [0.717, 1.165) is 18.2 Å². The van der Waals surface area contributed by atoms with Crippen molar-refractivity contribution in [1.82, 2.24) is 10.2 Å². The predicted octanol–water partition coefficient (Wildman–Crippen LogP) is 3.04. The van der Waals surface area contributed by atoms with Gasteiger partial charge in [0.25, 0.3) is 0 Å². The molecule has 1 aliphatic heterocycles. The van der Waals surface area contributed by atoms with Crippen molar-refractivity contribution in [2.24, 2.45) is 11.8 Å². The Morgan fingerprint density at radius 2 is 2.24 bits per heavy atom. The summed E-state index contributed by atoms with van der Waals surface area (Å²) >= 11 is 0. The first-order valence-electron chi connectivity index (χ1n) is 8.09. The van der Waals surface area contributed by atoms with E-state index in [0.29, 0.717) is 25.0 Å². The van der Waals surface area contributed by atoms with Gasteiger partial charge in [0.2, 0.25) is 5.91 Å². The molecule has 2 heterocycles. The smallest absolute Gasteiger partial charge is 0.234 e. The van der Waals surface area contributed by atoms with Crippen molar-refractivity contribution in [2.75, 3.05) is 13.1 Å². The summed E-state index contributed by atoms with van der Waals surface area (Å²) < 4.78 is 5.24. The maximum absolute atomic E-state index is 12.2. The third-order valence-corrected chi connectivity index (χ3v) is 4.49. The highest BCUT2D eigenvalue weighted by atomic mass is 16.3. The van der Waals surface area contributed by atoms with Gasteiger partial charge in [0.1, 0.15) is 5.76 Å². The maximum Gasteiger partial charge on any atom is 0.234 e. The Balaban J connectivity index is 1.86. The van der Waals surface area contributed by atoms with E-state index in [1.54, 1.807) is 6.26 Å². The van der Waals surface area contributed by atoms with E-state index in [-0.39, 0.29) is 5.91 Å². The SMILES string of the molecule is CC1CCC(C(C)C)N(CC(=O)NCc2ccco2)CC1. The summed E-state index contributed by atoms with van der Waals surface area (Å²) in [5.41, 5.74) is 0. The number of furan rings is 1. The fourth-order valence-electron chi connectivity index (χ4n) is 3.12. The van der Waals surface area contributed by atoms with Crippen molar-refractivity contribution in [2.45, 2.75) is 52.6 Å². The molecule has 0 aliphatic carbocycles. The van der Waals surface area contributed by atoms with Crippen molar-refractivity contribution in [1.29, 1.82) is 0 Å². The number of nitrogens with zero attached hydrogens (tertiary/aromatic N) is 1. The molecule has 0 saturated carbocycles. The van der Waals surface area contributed by atoms with Gasteiger partial charge in [-0.1, -0.05) is 20.8 Å². The highest BCUT2D eigenvalue weighted by molar-refractivity contribution is 5.78. The standard InChI is InChI=1S/C17H28N2O2/c1-13(2)16-7-6-14(3)8-9-19(16)12-17(20)18-11-15-5-4-10-21-15/h4-5,10,13-14,16H,6-9,11-12H2,1-3H3,(H,18,20). The molecule has 4 nitrogen and oxygen atoms in total. The van der Waals surface area contributed by atoms with Gasteiger partial charge in [0, 0.05) is 6.04 Å². The Bertz CT molecular complexity index is 428. The van der Waals surface area contributed by atoms with E-state index in [4.69, 9.17) is 4.42 Å². The van der Waals surface area contributed by atoms with E-state index in [1.165, 1.54) is 19.3 Å². The molecule has 0 bridgehead atoms. The van der Waals surface area contributed by atoms with E-state index in [2.05, 4.69) is 31.0 Å². The number of nitrogens with one attached hydrogen (secondary N) is 1. The molecule has 1 aromatic heterocycles. The lowest BCUT2D eigenvalue weighted by Gasteiger charge is -2.32. The molecule has 1 N–H and O–H groups in total. The average Bonchev–Trinajstić information content (AvgIpc) is 2.88. The second-order valence-corrected chi connectivity index (χ2v) is 6.61. The minimum atomic E-state index is 0.0894. The zero-order valence-electron chi connectivity index (χ0n) is 13.5. The van der Waals surface area contributed by atoms with Crippen LogP contribution in [-0.2, 0) is 11.3 Å². The number of carbonyl (C=O) groups excluding carboxylic acids is 1. The second-order valence-electron chi connectivity index (χ2n) is 6.61. The van der Waals surface area contributed by atoms with Gasteiger partial charge in [-0.05, 0) is 49.8 Å². The number of amides is 1. The molecule has 1 aliphatic rings. The molecule has 1 aromatic rings. The van der Waals surface area contributed by atoms with Crippen LogP contribution in [0, 0.1) is 11.8 Å². The van der Waals surface area contributed by atoms with E-state index < -0.39 is 0 Å². The average molecular weight is 292 g/mol.